The molecule has 2 aromatic carbocycles. The highest BCUT2D eigenvalue weighted by Gasteiger charge is 2.29. The van der Waals surface area contributed by atoms with Crippen LogP contribution in [0, 0.1) is 0 Å². The zero-order valence-electron chi connectivity index (χ0n) is 14.0. The second-order valence-electron chi connectivity index (χ2n) is 5.68. The van der Waals surface area contributed by atoms with Gasteiger partial charge < -0.3 is 5.32 Å². The summed E-state index contributed by atoms with van der Waals surface area (Å²) >= 11 is 17.7. The van der Waals surface area contributed by atoms with Gasteiger partial charge >= 0.3 is 0 Å². The summed E-state index contributed by atoms with van der Waals surface area (Å²) in [6.07, 6.45) is 1.03. The second-order valence-corrected chi connectivity index (χ2v) is 8.79. The summed E-state index contributed by atoms with van der Waals surface area (Å²) in [7, 11) is -3.73. The first kappa shape index (κ1) is 20.8. The lowest BCUT2D eigenvalue weighted by Crippen LogP contribution is -2.47. The van der Waals surface area contributed by atoms with Crippen LogP contribution in [0.4, 0.5) is 5.69 Å². The number of hydrogen-bond donors (Lipinski definition) is 1. The molecule has 1 atom stereocenters. The Morgan fingerprint density at radius 3 is 2.23 bits per heavy atom. The third-order valence-electron chi connectivity index (χ3n) is 3.63. The molecule has 1 N–H and O–H groups in total. The van der Waals surface area contributed by atoms with Gasteiger partial charge in [0.2, 0.25) is 15.9 Å². The molecule has 140 valence electrons. The maximum absolute atomic E-state index is 12.5. The zero-order valence-corrected chi connectivity index (χ0v) is 17.1. The van der Waals surface area contributed by atoms with Crippen LogP contribution >= 0.6 is 34.8 Å². The van der Waals surface area contributed by atoms with Gasteiger partial charge in [-0.1, -0.05) is 46.9 Å². The Bertz CT molecular complexity index is 902. The van der Waals surface area contributed by atoms with Crippen molar-refractivity contribution in [1.29, 1.82) is 0 Å². The number of halogens is 3. The van der Waals surface area contributed by atoms with Crippen molar-refractivity contribution in [1.82, 2.24) is 5.32 Å². The van der Waals surface area contributed by atoms with Gasteiger partial charge in [0, 0.05) is 11.6 Å². The first-order chi connectivity index (χ1) is 12.1. The summed E-state index contributed by atoms with van der Waals surface area (Å²) in [5.74, 6) is -0.448. The molecule has 0 aliphatic rings. The van der Waals surface area contributed by atoms with Crippen molar-refractivity contribution in [3.05, 3.63) is 63.1 Å². The van der Waals surface area contributed by atoms with Crippen molar-refractivity contribution < 1.29 is 13.2 Å². The molecule has 0 saturated carbocycles. The highest BCUT2D eigenvalue weighted by molar-refractivity contribution is 7.92. The Morgan fingerprint density at radius 1 is 1.08 bits per heavy atom. The summed E-state index contributed by atoms with van der Waals surface area (Å²) in [5, 5.41) is 3.81. The van der Waals surface area contributed by atoms with Gasteiger partial charge in [-0.25, -0.2) is 8.42 Å². The van der Waals surface area contributed by atoms with E-state index in [1.807, 2.05) is 0 Å². The third kappa shape index (κ3) is 5.27. The lowest BCUT2D eigenvalue weighted by molar-refractivity contribution is -0.122. The molecule has 0 fully saturated rings. The molecule has 0 heterocycles. The van der Waals surface area contributed by atoms with Crippen molar-refractivity contribution >= 4 is 56.4 Å². The van der Waals surface area contributed by atoms with Gasteiger partial charge in [-0.3, -0.25) is 9.10 Å². The van der Waals surface area contributed by atoms with Crippen LogP contribution in [0.1, 0.15) is 12.5 Å². The third-order valence-corrected chi connectivity index (χ3v) is 5.86. The van der Waals surface area contributed by atoms with Gasteiger partial charge in [-0.15, -0.1) is 0 Å². The van der Waals surface area contributed by atoms with Crippen LogP contribution < -0.4 is 9.62 Å². The van der Waals surface area contributed by atoms with E-state index in [0.717, 1.165) is 16.1 Å². The zero-order chi connectivity index (χ0) is 19.5. The smallest absolute Gasteiger partial charge is 0.243 e. The lowest BCUT2D eigenvalue weighted by atomic mass is 10.2. The molecule has 0 unspecified atom stereocenters. The average Bonchev–Trinajstić information content (AvgIpc) is 2.56. The van der Waals surface area contributed by atoms with Crippen molar-refractivity contribution in [2.24, 2.45) is 0 Å². The molecule has 0 spiro atoms. The molecule has 0 bridgehead atoms. The standard InChI is InChI=1S/C17H17Cl3N2O3S/c1-11(17(23)21-10-12-3-5-13(18)6-4-12)22(26(2,24)25)14-7-8-15(19)16(20)9-14/h3-9,11H,10H2,1-2H3,(H,21,23)/t11-/m0/s1. The van der Waals surface area contributed by atoms with Crippen molar-refractivity contribution in [2.45, 2.75) is 19.5 Å². The Morgan fingerprint density at radius 2 is 1.69 bits per heavy atom. The van der Waals surface area contributed by atoms with Gasteiger partial charge in [-0.2, -0.15) is 0 Å². The van der Waals surface area contributed by atoms with Gasteiger partial charge in [0.05, 0.1) is 22.0 Å². The van der Waals surface area contributed by atoms with E-state index in [1.54, 1.807) is 24.3 Å². The fourth-order valence-corrected chi connectivity index (χ4v) is 3.96. The molecule has 9 heteroatoms. The molecular weight excluding hydrogens is 419 g/mol. The van der Waals surface area contributed by atoms with Crippen LogP contribution in [0.3, 0.4) is 0 Å². The first-order valence-electron chi connectivity index (χ1n) is 7.56. The predicted molar refractivity (Wildman–Crippen MR) is 107 cm³/mol. The predicted octanol–water partition coefficient (Wildman–Crippen LogP) is 4.12. The first-order valence-corrected chi connectivity index (χ1v) is 10.5. The van der Waals surface area contributed by atoms with E-state index in [4.69, 9.17) is 34.8 Å². The van der Waals surface area contributed by atoms with E-state index in [9.17, 15) is 13.2 Å². The normalized spacial score (nSPS) is 12.5. The number of amides is 1. The molecule has 2 rings (SSSR count). The van der Waals surface area contributed by atoms with Crippen LogP contribution in [0.2, 0.25) is 15.1 Å². The molecule has 0 saturated heterocycles. The summed E-state index contributed by atoms with van der Waals surface area (Å²) in [6, 6.07) is 10.4. The van der Waals surface area contributed by atoms with Gasteiger partial charge in [-0.05, 0) is 42.8 Å². The Hall–Kier alpha value is -1.47. The highest BCUT2D eigenvalue weighted by atomic mass is 35.5. The van der Waals surface area contributed by atoms with Crippen LogP contribution in [-0.4, -0.2) is 26.6 Å². The summed E-state index contributed by atoms with van der Waals surface area (Å²) < 4.78 is 25.5. The number of nitrogens with zero attached hydrogens (tertiary/aromatic N) is 1. The summed E-state index contributed by atoms with van der Waals surface area (Å²) in [4.78, 5) is 12.5. The monoisotopic (exact) mass is 434 g/mol. The van der Waals surface area contributed by atoms with Crippen LogP contribution in [-0.2, 0) is 21.4 Å². The van der Waals surface area contributed by atoms with E-state index in [-0.39, 0.29) is 17.3 Å². The lowest BCUT2D eigenvalue weighted by Gasteiger charge is -2.28. The molecule has 0 aromatic heterocycles. The number of carbonyl (C=O) groups is 1. The van der Waals surface area contributed by atoms with Gasteiger partial charge in [0.1, 0.15) is 6.04 Å². The van der Waals surface area contributed by atoms with E-state index >= 15 is 0 Å². The molecule has 5 nitrogen and oxygen atoms in total. The molecule has 26 heavy (non-hydrogen) atoms. The van der Waals surface area contributed by atoms with Crippen LogP contribution in [0.25, 0.3) is 0 Å². The molecule has 0 radical (unpaired) electrons. The minimum absolute atomic E-state index is 0.201. The minimum Gasteiger partial charge on any atom is -0.350 e. The molecular formula is C17H17Cl3N2O3S. The number of rotatable bonds is 6. The van der Waals surface area contributed by atoms with Crippen molar-refractivity contribution in [2.75, 3.05) is 10.6 Å². The maximum atomic E-state index is 12.5. The molecule has 1 amide bonds. The Balaban J connectivity index is 2.20. The van der Waals surface area contributed by atoms with Crippen LogP contribution in [0.15, 0.2) is 42.5 Å². The van der Waals surface area contributed by atoms with E-state index in [1.165, 1.54) is 25.1 Å². The van der Waals surface area contributed by atoms with E-state index in [0.29, 0.717) is 10.0 Å². The SMILES string of the molecule is C[C@@H](C(=O)NCc1ccc(Cl)cc1)N(c1ccc(Cl)c(Cl)c1)S(C)(=O)=O. The Labute approximate surface area is 167 Å². The molecule has 0 aliphatic heterocycles. The Kier molecular flexibility index (Phi) is 6.80. The topological polar surface area (TPSA) is 66.5 Å². The van der Waals surface area contributed by atoms with Gasteiger partial charge in [0.25, 0.3) is 0 Å². The number of sulfonamides is 1. The number of hydrogen-bond acceptors (Lipinski definition) is 3. The number of carbonyl (C=O) groups excluding carboxylic acids is 1. The minimum atomic E-state index is -3.73. The van der Waals surface area contributed by atoms with Crippen LogP contribution in [0.5, 0.6) is 0 Å². The quantitative estimate of drug-likeness (QED) is 0.742. The number of benzene rings is 2. The summed E-state index contributed by atoms with van der Waals surface area (Å²) in [5.41, 5.74) is 1.10. The summed E-state index contributed by atoms with van der Waals surface area (Å²) in [6.45, 7) is 1.75. The average molecular weight is 436 g/mol. The fraction of sp³-hybridized carbons (Fsp3) is 0.235. The maximum Gasteiger partial charge on any atom is 0.243 e. The molecule has 0 aliphatic carbocycles. The number of nitrogens with one attached hydrogen (secondary N) is 1. The number of anilines is 1. The van der Waals surface area contributed by atoms with Crippen molar-refractivity contribution in [3.8, 4) is 0 Å². The van der Waals surface area contributed by atoms with Gasteiger partial charge in [0.15, 0.2) is 0 Å². The second kappa shape index (κ2) is 8.48. The highest BCUT2D eigenvalue weighted by Crippen LogP contribution is 2.29. The largest absolute Gasteiger partial charge is 0.350 e. The van der Waals surface area contributed by atoms with Crippen molar-refractivity contribution in [3.63, 3.8) is 0 Å². The van der Waals surface area contributed by atoms with E-state index in [2.05, 4.69) is 5.32 Å². The molecule has 2 aromatic rings. The fourth-order valence-electron chi connectivity index (χ4n) is 2.37. The van der Waals surface area contributed by atoms with E-state index < -0.39 is 22.0 Å².